The van der Waals surface area contributed by atoms with Gasteiger partial charge in [-0.25, -0.2) is 4.98 Å². The number of hydrogen-bond acceptors (Lipinski definition) is 10. The van der Waals surface area contributed by atoms with Crippen molar-refractivity contribution >= 4 is 22.9 Å². The minimum absolute atomic E-state index is 0.0673. The number of anilines is 1. The second-order valence-corrected chi connectivity index (χ2v) is 12.7. The van der Waals surface area contributed by atoms with Crippen molar-refractivity contribution in [1.29, 1.82) is 5.26 Å². The van der Waals surface area contributed by atoms with E-state index >= 15 is 0 Å². The van der Waals surface area contributed by atoms with E-state index in [9.17, 15) is 4.79 Å². The number of carbonyl (C=O) groups excluding carboxylic acids is 1. The van der Waals surface area contributed by atoms with E-state index in [4.69, 9.17) is 34.2 Å². The molecule has 12 heteroatoms. The molecule has 1 amide bonds. The summed E-state index contributed by atoms with van der Waals surface area (Å²) in [4.78, 5) is 33.9. The van der Waals surface area contributed by atoms with Gasteiger partial charge in [-0.1, -0.05) is 18.2 Å². The van der Waals surface area contributed by atoms with Crippen LogP contribution in [0.25, 0.3) is 11.0 Å². The Labute approximate surface area is 287 Å². The number of H-pyrrole nitrogens is 1. The van der Waals surface area contributed by atoms with E-state index in [0.717, 1.165) is 68.0 Å². The highest BCUT2D eigenvalue weighted by molar-refractivity contribution is 5.96. The first-order valence-electron chi connectivity index (χ1n) is 16.9. The number of carbonyl (C=O) groups is 1. The van der Waals surface area contributed by atoms with Gasteiger partial charge < -0.3 is 38.6 Å². The highest BCUT2D eigenvalue weighted by atomic mass is 16.5. The van der Waals surface area contributed by atoms with Gasteiger partial charge in [0.2, 0.25) is 11.7 Å². The molecule has 4 heterocycles. The quantitative estimate of drug-likeness (QED) is 0.190. The average molecular weight is 668 g/mol. The number of rotatable bonds is 14. The normalized spacial score (nSPS) is 18.4. The van der Waals surface area contributed by atoms with Gasteiger partial charge in [0.1, 0.15) is 6.61 Å². The van der Waals surface area contributed by atoms with Gasteiger partial charge in [-0.05, 0) is 68.6 Å². The predicted molar refractivity (Wildman–Crippen MR) is 186 cm³/mol. The van der Waals surface area contributed by atoms with Crippen LogP contribution in [0.3, 0.4) is 0 Å². The molecule has 4 aromatic rings. The fourth-order valence-electron chi connectivity index (χ4n) is 7.29. The Morgan fingerprint density at radius 3 is 2.47 bits per heavy atom. The molecule has 1 N–H and O–H groups in total. The van der Waals surface area contributed by atoms with Crippen molar-refractivity contribution in [1.82, 2.24) is 24.8 Å². The number of hydrogen-bond donors (Lipinski definition) is 1. The zero-order valence-electron chi connectivity index (χ0n) is 28.6. The lowest BCUT2D eigenvalue weighted by atomic mass is 9.79. The number of aromatic nitrogens is 3. The Kier molecular flexibility index (Phi) is 10.8. The van der Waals surface area contributed by atoms with Gasteiger partial charge in [0.25, 0.3) is 5.91 Å². The lowest BCUT2D eigenvalue weighted by Gasteiger charge is -2.39. The molecule has 2 saturated heterocycles. The number of amides is 1. The highest BCUT2D eigenvalue weighted by Crippen LogP contribution is 2.41. The van der Waals surface area contributed by atoms with Gasteiger partial charge in [0.05, 0.1) is 45.0 Å². The van der Waals surface area contributed by atoms with Crippen LogP contribution in [0, 0.1) is 11.3 Å². The Morgan fingerprint density at radius 1 is 1.04 bits per heavy atom. The summed E-state index contributed by atoms with van der Waals surface area (Å²) in [6.07, 6.45) is 5.54. The summed E-state index contributed by atoms with van der Waals surface area (Å²) >= 11 is 0. The van der Waals surface area contributed by atoms with Crippen molar-refractivity contribution in [3.8, 4) is 23.3 Å². The lowest BCUT2D eigenvalue weighted by Crippen LogP contribution is -2.47. The molecule has 1 atom stereocenters. The third-order valence-electron chi connectivity index (χ3n) is 9.96. The molecular weight excluding hydrogens is 622 g/mol. The summed E-state index contributed by atoms with van der Waals surface area (Å²) in [6, 6.07) is 19.9. The molecule has 258 valence electrons. The number of piperidine rings is 1. The maximum Gasteiger partial charge on any atom is 0.254 e. The number of nitrogens with one attached hydrogen (secondary N) is 1. The van der Waals surface area contributed by atoms with Gasteiger partial charge in [-0.2, -0.15) is 5.26 Å². The van der Waals surface area contributed by atoms with Crippen LogP contribution in [-0.4, -0.2) is 111 Å². The zero-order chi connectivity index (χ0) is 34.2. The van der Waals surface area contributed by atoms with Gasteiger partial charge >= 0.3 is 0 Å². The van der Waals surface area contributed by atoms with Crippen LogP contribution < -0.4 is 19.1 Å². The smallest absolute Gasteiger partial charge is 0.254 e. The molecule has 2 fully saturated rings. The molecule has 2 aliphatic rings. The van der Waals surface area contributed by atoms with Crippen LogP contribution in [0.5, 0.6) is 17.2 Å². The Balaban J connectivity index is 1.13. The van der Waals surface area contributed by atoms with Crippen LogP contribution in [0.1, 0.15) is 41.7 Å². The van der Waals surface area contributed by atoms with Gasteiger partial charge in [-0.15, -0.1) is 0 Å². The number of methoxy groups -OCH3 is 3. The molecule has 1 unspecified atom stereocenters. The third-order valence-corrected chi connectivity index (χ3v) is 9.96. The van der Waals surface area contributed by atoms with Crippen molar-refractivity contribution in [3.63, 3.8) is 0 Å². The number of nitrogens with zero attached hydrogens (tertiary/aromatic N) is 6. The Bertz CT molecular complexity index is 1690. The van der Waals surface area contributed by atoms with E-state index in [2.05, 4.69) is 26.9 Å². The van der Waals surface area contributed by atoms with E-state index in [1.54, 1.807) is 33.5 Å². The Morgan fingerprint density at radius 2 is 1.80 bits per heavy atom. The first kappa shape index (κ1) is 34.0. The zero-order valence-corrected chi connectivity index (χ0v) is 28.6. The molecule has 2 aliphatic heterocycles. The van der Waals surface area contributed by atoms with E-state index in [-0.39, 0.29) is 17.9 Å². The number of aromatic amines is 1. The van der Waals surface area contributed by atoms with Crippen molar-refractivity contribution < 1.29 is 23.7 Å². The van der Waals surface area contributed by atoms with E-state index < -0.39 is 0 Å². The number of likely N-dealkylation sites (tertiary alicyclic amines) is 2. The minimum atomic E-state index is -0.257. The van der Waals surface area contributed by atoms with Crippen LogP contribution in [0.4, 0.5) is 5.95 Å². The topological polar surface area (TPSA) is 129 Å². The molecule has 0 bridgehead atoms. The molecule has 6 rings (SSSR count). The largest absolute Gasteiger partial charge is 0.493 e. The number of benzene rings is 2. The molecular formula is C37H45N7O5. The molecule has 2 aromatic heterocycles. The minimum Gasteiger partial charge on any atom is -0.493 e. The highest BCUT2D eigenvalue weighted by Gasteiger charge is 2.43. The van der Waals surface area contributed by atoms with Gasteiger partial charge in [0.15, 0.2) is 11.5 Å². The predicted octanol–water partition coefficient (Wildman–Crippen LogP) is 4.67. The number of imidazole rings is 1. The molecule has 0 saturated carbocycles. The van der Waals surface area contributed by atoms with Crippen LogP contribution >= 0.6 is 0 Å². The summed E-state index contributed by atoms with van der Waals surface area (Å²) in [7, 11) is 4.66. The summed E-state index contributed by atoms with van der Waals surface area (Å²) in [6.45, 7) is 5.22. The van der Waals surface area contributed by atoms with Crippen molar-refractivity contribution in [2.24, 2.45) is 0 Å². The van der Waals surface area contributed by atoms with Crippen LogP contribution in [0.15, 0.2) is 60.8 Å². The van der Waals surface area contributed by atoms with E-state index in [1.165, 1.54) is 0 Å². The second-order valence-electron chi connectivity index (χ2n) is 12.7. The SMILES string of the molecule is COc1cc(C(=O)N2CCC(CCN3CCC(N(CCOCC#N)c4nc5ccccc5[nH]4)CC3)(c3ccccn3)C2)cc(OC)c1OC. The summed E-state index contributed by atoms with van der Waals surface area (Å²) in [5.41, 5.74) is 3.21. The Hall–Kier alpha value is -4.86. The van der Waals surface area contributed by atoms with E-state index in [0.29, 0.717) is 55.1 Å². The molecule has 49 heavy (non-hydrogen) atoms. The van der Waals surface area contributed by atoms with Gasteiger partial charge in [-0.3, -0.25) is 9.78 Å². The standard InChI is InChI=1S/C37H45N7O5/c1-46-31-24-27(25-32(47-2)34(31)48-3)35(45)43-20-14-37(26-43,33-10-6-7-16-39-33)13-19-42-17-11-28(12-18-42)44(21-23-49-22-15-38)36-40-29-8-4-5-9-30(29)41-36/h4-10,16,24-25,28H,11-14,17-23,26H2,1-3H3,(H,40,41). The second kappa shape index (κ2) is 15.6. The van der Waals surface area contributed by atoms with Crippen molar-refractivity contribution in [2.45, 2.75) is 37.1 Å². The molecule has 0 aliphatic carbocycles. The van der Waals surface area contributed by atoms with Crippen molar-refractivity contribution in [2.75, 3.05) is 78.7 Å². The first-order valence-corrected chi connectivity index (χ1v) is 16.9. The third kappa shape index (κ3) is 7.43. The first-order chi connectivity index (χ1) is 24.0. The number of nitriles is 1. The van der Waals surface area contributed by atoms with Crippen LogP contribution in [0.2, 0.25) is 0 Å². The summed E-state index contributed by atoms with van der Waals surface area (Å²) < 4.78 is 22.1. The molecule has 12 nitrogen and oxygen atoms in total. The summed E-state index contributed by atoms with van der Waals surface area (Å²) in [5.74, 6) is 2.15. The van der Waals surface area contributed by atoms with Crippen molar-refractivity contribution in [3.05, 3.63) is 72.1 Å². The number of para-hydroxylation sites is 2. The maximum absolute atomic E-state index is 13.9. The number of pyridine rings is 1. The average Bonchev–Trinajstić information content (AvgIpc) is 3.79. The lowest BCUT2D eigenvalue weighted by molar-refractivity contribution is 0.0778. The van der Waals surface area contributed by atoms with Crippen LogP contribution in [-0.2, 0) is 10.2 Å². The number of ether oxygens (including phenoxy) is 4. The van der Waals surface area contributed by atoms with Gasteiger partial charge in [0, 0.05) is 61.6 Å². The summed E-state index contributed by atoms with van der Waals surface area (Å²) in [5, 5.41) is 8.94. The molecule has 0 radical (unpaired) electrons. The number of fused-ring (bicyclic) bond motifs is 1. The maximum atomic E-state index is 13.9. The molecule has 2 aromatic carbocycles. The fourth-order valence-corrected chi connectivity index (χ4v) is 7.29. The molecule has 0 spiro atoms. The van der Waals surface area contributed by atoms with E-state index in [1.807, 2.05) is 47.5 Å². The monoisotopic (exact) mass is 667 g/mol. The fraction of sp³-hybridized carbons (Fsp3) is 0.459.